The van der Waals surface area contributed by atoms with Gasteiger partial charge in [0, 0.05) is 6.04 Å². The second-order valence-corrected chi connectivity index (χ2v) is 4.07. The van der Waals surface area contributed by atoms with Gasteiger partial charge in [0.15, 0.2) is 0 Å². The largest absolute Gasteiger partial charge is 0.506 e. The Kier molecular flexibility index (Phi) is 3.03. The molecular weight excluding hydrogens is 214 g/mol. The van der Waals surface area contributed by atoms with Gasteiger partial charge in [0.1, 0.15) is 11.5 Å². The molecule has 1 aromatic rings. The zero-order valence-corrected chi connectivity index (χ0v) is 9.34. The van der Waals surface area contributed by atoms with Crippen LogP contribution in [0.5, 0.6) is 11.5 Å². The smallest absolute Gasteiger partial charge is 0.142 e. The fourth-order valence-electron chi connectivity index (χ4n) is 2.01. The van der Waals surface area contributed by atoms with Crippen LogP contribution in [-0.4, -0.2) is 18.8 Å². The lowest BCUT2D eigenvalue weighted by Crippen LogP contribution is -2.14. The van der Waals surface area contributed by atoms with Crippen molar-refractivity contribution in [1.29, 1.82) is 0 Å². The number of nitrogens with one attached hydrogen (secondary N) is 1. The molecular formula is C11H14ClNO2. The van der Waals surface area contributed by atoms with Crippen molar-refractivity contribution >= 4 is 11.6 Å². The first-order valence-electron chi connectivity index (χ1n) is 5.02. The van der Waals surface area contributed by atoms with Gasteiger partial charge in [-0.1, -0.05) is 11.6 Å². The van der Waals surface area contributed by atoms with E-state index in [0.29, 0.717) is 10.8 Å². The van der Waals surface area contributed by atoms with Crippen molar-refractivity contribution in [2.45, 2.75) is 18.9 Å². The van der Waals surface area contributed by atoms with Gasteiger partial charge in [-0.3, -0.25) is 0 Å². The molecule has 0 saturated carbocycles. The zero-order chi connectivity index (χ0) is 10.8. The topological polar surface area (TPSA) is 41.5 Å². The molecule has 0 spiro atoms. The molecule has 1 aliphatic rings. The number of aromatic hydroxyl groups is 1. The highest BCUT2D eigenvalue weighted by Crippen LogP contribution is 2.41. The van der Waals surface area contributed by atoms with Crippen LogP contribution in [0.2, 0.25) is 5.02 Å². The van der Waals surface area contributed by atoms with Crippen LogP contribution in [0.4, 0.5) is 0 Å². The van der Waals surface area contributed by atoms with E-state index in [1.54, 1.807) is 19.2 Å². The Balaban J connectivity index is 2.45. The van der Waals surface area contributed by atoms with Gasteiger partial charge in [0.05, 0.1) is 17.7 Å². The molecule has 1 heterocycles. The normalized spacial score (nSPS) is 20.5. The number of ether oxygens (including phenoxy) is 1. The fourth-order valence-corrected chi connectivity index (χ4v) is 2.17. The minimum atomic E-state index is 0.135. The SMILES string of the molecule is COc1ccc(Cl)c(O)c1[C@H]1CCCN1. The molecule has 1 aromatic carbocycles. The molecule has 1 saturated heterocycles. The van der Waals surface area contributed by atoms with Crippen molar-refractivity contribution in [3.63, 3.8) is 0 Å². The highest BCUT2D eigenvalue weighted by molar-refractivity contribution is 6.32. The van der Waals surface area contributed by atoms with Crippen LogP contribution in [-0.2, 0) is 0 Å². The number of halogens is 1. The third-order valence-corrected chi connectivity index (χ3v) is 3.06. The fraction of sp³-hybridized carbons (Fsp3) is 0.455. The summed E-state index contributed by atoms with van der Waals surface area (Å²) >= 11 is 5.89. The highest BCUT2D eigenvalue weighted by Gasteiger charge is 2.24. The van der Waals surface area contributed by atoms with Gasteiger partial charge in [-0.15, -0.1) is 0 Å². The molecule has 0 aliphatic carbocycles. The Morgan fingerprint density at radius 3 is 2.93 bits per heavy atom. The number of hydrogen-bond donors (Lipinski definition) is 2. The first-order valence-corrected chi connectivity index (χ1v) is 5.40. The summed E-state index contributed by atoms with van der Waals surface area (Å²) in [6.07, 6.45) is 2.12. The summed E-state index contributed by atoms with van der Waals surface area (Å²) in [6, 6.07) is 3.59. The van der Waals surface area contributed by atoms with Crippen LogP contribution in [0.15, 0.2) is 12.1 Å². The van der Waals surface area contributed by atoms with E-state index in [0.717, 1.165) is 24.9 Å². The molecule has 0 amide bonds. The van der Waals surface area contributed by atoms with Gasteiger partial charge in [0.2, 0.25) is 0 Å². The van der Waals surface area contributed by atoms with Crippen molar-refractivity contribution < 1.29 is 9.84 Å². The first kappa shape index (κ1) is 10.6. The molecule has 1 fully saturated rings. The first-order chi connectivity index (χ1) is 7.24. The Hall–Kier alpha value is -0.930. The number of methoxy groups -OCH3 is 1. The number of benzene rings is 1. The highest BCUT2D eigenvalue weighted by atomic mass is 35.5. The number of phenols is 1. The summed E-state index contributed by atoms with van der Waals surface area (Å²) in [5.41, 5.74) is 0.780. The van der Waals surface area contributed by atoms with Crippen molar-refractivity contribution in [1.82, 2.24) is 5.32 Å². The molecule has 1 aliphatic heterocycles. The summed E-state index contributed by atoms with van der Waals surface area (Å²) < 4.78 is 5.23. The van der Waals surface area contributed by atoms with Crippen LogP contribution < -0.4 is 10.1 Å². The minimum absolute atomic E-state index is 0.135. The van der Waals surface area contributed by atoms with E-state index < -0.39 is 0 Å². The Morgan fingerprint density at radius 2 is 2.33 bits per heavy atom. The third kappa shape index (κ3) is 1.90. The Morgan fingerprint density at radius 1 is 1.53 bits per heavy atom. The molecule has 1 atom stereocenters. The molecule has 2 rings (SSSR count). The van der Waals surface area contributed by atoms with Gasteiger partial charge in [-0.05, 0) is 31.5 Å². The number of phenolic OH excluding ortho intramolecular Hbond substituents is 1. The molecule has 0 unspecified atom stereocenters. The maximum atomic E-state index is 9.92. The Bertz CT molecular complexity index is 362. The molecule has 0 radical (unpaired) electrons. The van der Waals surface area contributed by atoms with Gasteiger partial charge >= 0.3 is 0 Å². The lowest BCUT2D eigenvalue weighted by Gasteiger charge is -2.17. The second kappa shape index (κ2) is 4.29. The van der Waals surface area contributed by atoms with Crippen LogP contribution in [0, 0.1) is 0 Å². The van der Waals surface area contributed by atoms with Crippen LogP contribution >= 0.6 is 11.6 Å². The van der Waals surface area contributed by atoms with Gasteiger partial charge < -0.3 is 15.2 Å². The Labute approximate surface area is 94.0 Å². The summed E-state index contributed by atoms with van der Waals surface area (Å²) in [7, 11) is 1.60. The van der Waals surface area contributed by atoms with Gasteiger partial charge in [-0.2, -0.15) is 0 Å². The van der Waals surface area contributed by atoms with E-state index in [9.17, 15) is 5.11 Å². The van der Waals surface area contributed by atoms with E-state index in [2.05, 4.69) is 5.32 Å². The van der Waals surface area contributed by atoms with Gasteiger partial charge in [0.25, 0.3) is 0 Å². The summed E-state index contributed by atoms with van der Waals surface area (Å²) in [5.74, 6) is 0.826. The van der Waals surface area contributed by atoms with Crippen molar-refractivity contribution in [2.24, 2.45) is 0 Å². The van der Waals surface area contributed by atoms with Crippen molar-refractivity contribution in [3.8, 4) is 11.5 Å². The molecule has 4 heteroatoms. The van der Waals surface area contributed by atoms with E-state index >= 15 is 0 Å². The summed E-state index contributed by atoms with van der Waals surface area (Å²) in [6.45, 7) is 0.972. The van der Waals surface area contributed by atoms with Gasteiger partial charge in [-0.25, -0.2) is 0 Å². The lowest BCUT2D eigenvalue weighted by molar-refractivity contribution is 0.390. The van der Waals surface area contributed by atoms with Crippen LogP contribution in [0.25, 0.3) is 0 Å². The molecule has 2 N–H and O–H groups in total. The van der Waals surface area contributed by atoms with E-state index in [4.69, 9.17) is 16.3 Å². The van der Waals surface area contributed by atoms with E-state index in [-0.39, 0.29) is 11.8 Å². The van der Waals surface area contributed by atoms with E-state index in [1.807, 2.05) is 0 Å². The number of rotatable bonds is 2. The monoisotopic (exact) mass is 227 g/mol. The average Bonchev–Trinajstić information content (AvgIpc) is 2.75. The predicted molar refractivity (Wildman–Crippen MR) is 59.6 cm³/mol. The molecule has 15 heavy (non-hydrogen) atoms. The van der Waals surface area contributed by atoms with Crippen LogP contribution in [0.3, 0.4) is 0 Å². The maximum Gasteiger partial charge on any atom is 0.142 e. The van der Waals surface area contributed by atoms with Crippen molar-refractivity contribution in [3.05, 3.63) is 22.7 Å². The zero-order valence-electron chi connectivity index (χ0n) is 8.59. The summed E-state index contributed by atoms with van der Waals surface area (Å²) in [5, 5.41) is 13.6. The quantitative estimate of drug-likeness (QED) is 0.816. The second-order valence-electron chi connectivity index (χ2n) is 3.66. The standard InChI is InChI=1S/C11H14ClNO2/c1-15-9-5-4-7(12)11(14)10(9)8-3-2-6-13-8/h4-5,8,13-14H,2-3,6H2,1H3/t8-/m1/s1. The lowest BCUT2D eigenvalue weighted by atomic mass is 10.0. The minimum Gasteiger partial charge on any atom is -0.506 e. The maximum absolute atomic E-state index is 9.92. The molecule has 82 valence electrons. The molecule has 0 bridgehead atoms. The predicted octanol–water partition coefficient (Wildman–Crippen LogP) is 2.48. The summed E-state index contributed by atoms with van der Waals surface area (Å²) in [4.78, 5) is 0. The van der Waals surface area contributed by atoms with Crippen LogP contribution in [0.1, 0.15) is 24.4 Å². The van der Waals surface area contributed by atoms with E-state index in [1.165, 1.54) is 0 Å². The van der Waals surface area contributed by atoms with Crippen molar-refractivity contribution in [2.75, 3.05) is 13.7 Å². The molecule has 3 nitrogen and oxygen atoms in total. The number of hydrogen-bond acceptors (Lipinski definition) is 3. The average molecular weight is 228 g/mol. The molecule has 0 aromatic heterocycles. The third-order valence-electron chi connectivity index (χ3n) is 2.76.